The van der Waals surface area contributed by atoms with E-state index in [9.17, 15) is 9.59 Å². The summed E-state index contributed by atoms with van der Waals surface area (Å²) in [6.45, 7) is 7.18. The summed E-state index contributed by atoms with van der Waals surface area (Å²) in [6.07, 6.45) is 1.39. The summed E-state index contributed by atoms with van der Waals surface area (Å²) in [5.41, 5.74) is 1.33. The molecule has 0 saturated heterocycles. The van der Waals surface area contributed by atoms with Gasteiger partial charge in [0.1, 0.15) is 17.3 Å². The maximum Gasteiger partial charge on any atom is 0.338 e. The number of allylic oxidation sites excluding steroid dienone is 1. The SMILES string of the molecule is COc1cccc([C@@H]2C(C(=O)OC(C)C)=C(C)N=c3s/c(=C/c4ccc(C)o4)c(=O)n32)c1. The number of fused-ring (bicyclic) bond motifs is 1. The first-order chi connectivity index (χ1) is 15.3. The van der Waals surface area contributed by atoms with E-state index in [0.717, 1.165) is 11.3 Å². The van der Waals surface area contributed by atoms with Crippen molar-refractivity contribution in [2.45, 2.75) is 39.8 Å². The Bertz CT molecular complexity index is 1390. The van der Waals surface area contributed by atoms with Gasteiger partial charge < -0.3 is 13.9 Å². The highest BCUT2D eigenvalue weighted by atomic mass is 32.1. The van der Waals surface area contributed by atoms with Crippen molar-refractivity contribution in [3.8, 4) is 5.75 Å². The molecule has 1 atom stereocenters. The van der Waals surface area contributed by atoms with Gasteiger partial charge >= 0.3 is 5.97 Å². The summed E-state index contributed by atoms with van der Waals surface area (Å²) in [5.74, 6) is 1.47. The molecule has 0 radical (unpaired) electrons. The Labute approximate surface area is 188 Å². The number of hydrogen-bond acceptors (Lipinski definition) is 7. The summed E-state index contributed by atoms with van der Waals surface area (Å²) in [4.78, 5) is 31.7. The van der Waals surface area contributed by atoms with Gasteiger partial charge in [-0.3, -0.25) is 9.36 Å². The van der Waals surface area contributed by atoms with E-state index < -0.39 is 12.0 Å². The maximum atomic E-state index is 13.5. The number of ether oxygens (including phenoxy) is 2. The van der Waals surface area contributed by atoms with Crippen LogP contribution in [-0.4, -0.2) is 23.8 Å². The molecular formula is C24H24N2O5S. The second-order valence-corrected chi connectivity index (χ2v) is 8.77. The van der Waals surface area contributed by atoms with E-state index in [4.69, 9.17) is 13.9 Å². The van der Waals surface area contributed by atoms with Crippen molar-refractivity contribution in [3.05, 3.63) is 84.4 Å². The molecule has 1 aliphatic rings. The van der Waals surface area contributed by atoms with Crippen molar-refractivity contribution in [2.75, 3.05) is 7.11 Å². The van der Waals surface area contributed by atoms with Crippen molar-refractivity contribution in [1.29, 1.82) is 0 Å². The lowest BCUT2D eigenvalue weighted by atomic mass is 9.95. The third-order valence-corrected chi connectivity index (χ3v) is 6.01. The molecule has 1 aromatic carbocycles. The molecule has 1 aliphatic heterocycles. The van der Waals surface area contributed by atoms with Crippen LogP contribution in [0.1, 0.15) is 43.9 Å². The number of rotatable bonds is 5. The molecule has 3 heterocycles. The van der Waals surface area contributed by atoms with E-state index in [1.807, 2.05) is 43.3 Å². The molecule has 8 heteroatoms. The molecule has 0 spiro atoms. The standard InChI is InChI=1S/C24H24N2O5S/c1-13(2)30-23(28)20-15(4)25-24-26(21(20)16-7-6-8-17(11-16)29-5)22(27)19(32-24)12-18-10-9-14(3)31-18/h6-13,21H,1-5H3/b19-12+/t21-/m1/s1. The Morgan fingerprint density at radius 2 is 2.03 bits per heavy atom. The summed E-state index contributed by atoms with van der Waals surface area (Å²) in [5, 5.41) is 0. The van der Waals surface area contributed by atoms with Crippen LogP contribution in [-0.2, 0) is 9.53 Å². The van der Waals surface area contributed by atoms with Gasteiger partial charge in [-0.05, 0) is 57.5 Å². The Balaban J connectivity index is 1.96. The zero-order chi connectivity index (χ0) is 23.0. The number of esters is 1. The minimum atomic E-state index is -0.687. The first-order valence-electron chi connectivity index (χ1n) is 10.2. The number of benzene rings is 1. The fraction of sp³-hybridized carbons (Fsp3) is 0.292. The number of aryl methyl sites for hydroxylation is 1. The number of methoxy groups -OCH3 is 1. The molecule has 2 aromatic heterocycles. The van der Waals surface area contributed by atoms with Crippen LogP contribution in [0.15, 0.2) is 61.9 Å². The lowest BCUT2D eigenvalue weighted by molar-refractivity contribution is -0.143. The monoisotopic (exact) mass is 452 g/mol. The van der Waals surface area contributed by atoms with E-state index in [2.05, 4.69) is 4.99 Å². The fourth-order valence-electron chi connectivity index (χ4n) is 3.65. The normalized spacial score (nSPS) is 16.2. The predicted molar refractivity (Wildman–Crippen MR) is 121 cm³/mol. The van der Waals surface area contributed by atoms with Crippen LogP contribution in [0.5, 0.6) is 5.75 Å². The van der Waals surface area contributed by atoms with Gasteiger partial charge in [0.15, 0.2) is 4.80 Å². The quantitative estimate of drug-likeness (QED) is 0.556. The van der Waals surface area contributed by atoms with Gasteiger partial charge in [-0.25, -0.2) is 9.79 Å². The van der Waals surface area contributed by atoms with Crippen LogP contribution in [0.4, 0.5) is 0 Å². The largest absolute Gasteiger partial charge is 0.497 e. The lowest BCUT2D eigenvalue weighted by Gasteiger charge is -2.25. The topological polar surface area (TPSA) is 83.0 Å². The molecule has 0 fully saturated rings. The molecule has 4 rings (SSSR count). The number of thiazole rings is 1. The third kappa shape index (κ3) is 4.05. The van der Waals surface area contributed by atoms with E-state index in [1.165, 1.54) is 11.3 Å². The average Bonchev–Trinajstić information content (AvgIpc) is 3.29. The van der Waals surface area contributed by atoms with Gasteiger partial charge in [0.25, 0.3) is 5.56 Å². The predicted octanol–water partition coefficient (Wildman–Crippen LogP) is 3.10. The highest BCUT2D eigenvalue weighted by Crippen LogP contribution is 2.32. The van der Waals surface area contributed by atoms with Crippen LogP contribution < -0.4 is 19.6 Å². The molecule has 7 nitrogen and oxygen atoms in total. The number of hydrogen-bond donors (Lipinski definition) is 0. The summed E-state index contributed by atoms with van der Waals surface area (Å²) in [7, 11) is 1.57. The van der Waals surface area contributed by atoms with E-state index >= 15 is 0 Å². The van der Waals surface area contributed by atoms with Gasteiger partial charge in [-0.15, -0.1) is 0 Å². The van der Waals surface area contributed by atoms with Crippen LogP contribution in [0.2, 0.25) is 0 Å². The van der Waals surface area contributed by atoms with Crippen molar-refractivity contribution < 1.29 is 18.7 Å². The molecule has 0 saturated carbocycles. The molecule has 32 heavy (non-hydrogen) atoms. The minimum absolute atomic E-state index is 0.252. The van der Waals surface area contributed by atoms with Gasteiger partial charge in [-0.1, -0.05) is 23.5 Å². The Hall–Kier alpha value is -3.39. The zero-order valence-corrected chi connectivity index (χ0v) is 19.4. The first kappa shape index (κ1) is 21.8. The van der Waals surface area contributed by atoms with Crippen molar-refractivity contribution in [2.24, 2.45) is 4.99 Å². The van der Waals surface area contributed by atoms with E-state index in [0.29, 0.717) is 32.1 Å². The zero-order valence-electron chi connectivity index (χ0n) is 18.5. The first-order valence-corrected chi connectivity index (χ1v) is 11.0. The van der Waals surface area contributed by atoms with Crippen LogP contribution in [0.25, 0.3) is 6.08 Å². The van der Waals surface area contributed by atoms with Crippen LogP contribution in [0.3, 0.4) is 0 Å². The lowest BCUT2D eigenvalue weighted by Crippen LogP contribution is -2.40. The highest BCUT2D eigenvalue weighted by molar-refractivity contribution is 7.07. The average molecular weight is 453 g/mol. The minimum Gasteiger partial charge on any atom is -0.497 e. The number of furan rings is 1. The van der Waals surface area contributed by atoms with Crippen LogP contribution in [0, 0.1) is 6.92 Å². The van der Waals surface area contributed by atoms with Gasteiger partial charge in [0.2, 0.25) is 0 Å². The Morgan fingerprint density at radius 3 is 2.69 bits per heavy atom. The molecule has 0 N–H and O–H groups in total. The molecular weight excluding hydrogens is 428 g/mol. The van der Waals surface area contributed by atoms with E-state index in [1.54, 1.807) is 38.5 Å². The highest BCUT2D eigenvalue weighted by Gasteiger charge is 2.34. The van der Waals surface area contributed by atoms with E-state index in [-0.39, 0.29) is 11.7 Å². The molecule has 0 aliphatic carbocycles. The van der Waals surface area contributed by atoms with Crippen LogP contribution >= 0.6 is 11.3 Å². The molecule has 3 aromatic rings. The summed E-state index contributed by atoms with van der Waals surface area (Å²) in [6, 6.07) is 10.3. The van der Waals surface area contributed by atoms with Crippen molar-refractivity contribution in [1.82, 2.24) is 4.57 Å². The number of carbonyl (C=O) groups is 1. The number of aromatic nitrogens is 1. The molecule has 0 amide bonds. The van der Waals surface area contributed by atoms with Gasteiger partial charge in [-0.2, -0.15) is 0 Å². The van der Waals surface area contributed by atoms with Gasteiger partial charge in [0, 0.05) is 6.08 Å². The Kier molecular flexibility index (Phi) is 5.88. The third-order valence-electron chi connectivity index (χ3n) is 5.03. The smallest absolute Gasteiger partial charge is 0.338 e. The second-order valence-electron chi connectivity index (χ2n) is 7.76. The second kappa shape index (κ2) is 8.63. The summed E-state index contributed by atoms with van der Waals surface area (Å²) < 4.78 is 18.5. The van der Waals surface area contributed by atoms with Crippen molar-refractivity contribution in [3.63, 3.8) is 0 Å². The Morgan fingerprint density at radius 1 is 1.25 bits per heavy atom. The number of carbonyl (C=O) groups excluding carboxylic acids is 1. The molecule has 0 unspecified atom stereocenters. The van der Waals surface area contributed by atoms with Gasteiger partial charge in [0.05, 0.1) is 35.1 Å². The van der Waals surface area contributed by atoms with Crippen molar-refractivity contribution >= 4 is 23.4 Å². The molecule has 0 bridgehead atoms. The maximum absolute atomic E-state index is 13.5. The summed E-state index contributed by atoms with van der Waals surface area (Å²) >= 11 is 1.26. The molecule has 166 valence electrons. The number of nitrogens with zero attached hydrogens (tertiary/aromatic N) is 2. The fourth-order valence-corrected chi connectivity index (χ4v) is 4.67.